The highest BCUT2D eigenvalue weighted by Crippen LogP contribution is 2.44. The zero-order valence-electron chi connectivity index (χ0n) is 30.1. The van der Waals surface area contributed by atoms with Crippen LogP contribution < -0.4 is 9.80 Å². The topological polar surface area (TPSA) is 92.8 Å². The fourth-order valence-corrected chi connectivity index (χ4v) is 7.02. The highest BCUT2D eigenvalue weighted by molar-refractivity contribution is 5.94. The van der Waals surface area contributed by atoms with Crippen molar-refractivity contribution in [2.45, 2.75) is 0 Å². The van der Waals surface area contributed by atoms with E-state index >= 15 is 0 Å². The molecule has 8 rings (SSSR count). The summed E-state index contributed by atoms with van der Waals surface area (Å²) in [6.45, 7) is 0. The maximum atomic E-state index is 12.1. The third-order valence-corrected chi connectivity index (χ3v) is 9.65. The zero-order valence-corrected chi connectivity index (χ0v) is 30.1. The van der Waals surface area contributed by atoms with Crippen molar-refractivity contribution in [3.8, 4) is 33.4 Å². The van der Waals surface area contributed by atoms with Crippen molar-refractivity contribution in [3.63, 3.8) is 0 Å². The molecule has 8 nitrogen and oxygen atoms in total. The van der Waals surface area contributed by atoms with Gasteiger partial charge in [-0.2, -0.15) is 0 Å². The molecule has 0 heterocycles. The minimum absolute atomic E-state index is 0.0576. The number of para-hydroxylation sites is 4. The Labute approximate surface area is 324 Å². The minimum Gasteiger partial charge on any atom is -0.311 e. The van der Waals surface area contributed by atoms with Crippen molar-refractivity contribution in [2.75, 3.05) is 9.80 Å². The van der Waals surface area contributed by atoms with Crippen molar-refractivity contribution in [3.05, 3.63) is 226 Å². The maximum absolute atomic E-state index is 12.1. The normalized spacial score (nSPS) is 10.8. The number of hydrogen-bond donors (Lipinski definition) is 0. The molecule has 56 heavy (non-hydrogen) atoms. The van der Waals surface area contributed by atoms with Crippen molar-refractivity contribution >= 4 is 45.5 Å². The molecule has 0 bridgehead atoms. The van der Waals surface area contributed by atoms with E-state index in [9.17, 15) is 20.2 Å². The van der Waals surface area contributed by atoms with Crippen LogP contribution in [0, 0.1) is 20.2 Å². The quantitative estimate of drug-likeness (QED) is 0.0971. The van der Waals surface area contributed by atoms with Crippen LogP contribution in [-0.2, 0) is 0 Å². The second kappa shape index (κ2) is 15.6. The van der Waals surface area contributed by atoms with Crippen LogP contribution in [0.2, 0.25) is 0 Å². The van der Waals surface area contributed by atoms with Gasteiger partial charge >= 0.3 is 0 Å². The number of nitro groups is 2. The van der Waals surface area contributed by atoms with Crippen LogP contribution in [0.3, 0.4) is 0 Å². The van der Waals surface area contributed by atoms with Gasteiger partial charge in [-0.15, -0.1) is 0 Å². The molecule has 0 aliphatic rings. The number of benzene rings is 8. The van der Waals surface area contributed by atoms with E-state index in [0.29, 0.717) is 22.3 Å². The second-order valence-corrected chi connectivity index (χ2v) is 13.1. The lowest BCUT2D eigenvalue weighted by atomic mass is 9.88. The lowest BCUT2D eigenvalue weighted by Crippen LogP contribution is -2.09. The number of anilines is 6. The summed E-state index contributed by atoms with van der Waals surface area (Å²) < 4.78 is 0. The molecule has 270 valence electrons. The van der Waals surface area contributed by atoms with Gasteiger partial charge in [0.25, 0.3) is 11.4 Å². The lowest BCUT2D eigenvalue weighted by molar-refractivity contribution is -0.385. The molecule has 0 aromatic heterocycles. The highest BCUT2D eigenvalue weighted by Gasteiger charge is 2.21. The summed E-state index contributed by atoms with van der Waals surface area (Å²) in [6, 6.07) is 65.6. The Bertz CT molecular complexity index is 2360. The Morgan fingerprint density at radius 3 is 0.839 bits per heavy atom. The van der Waals surface area contributed by atoms with E-state index in [2.05, 4.69) is 9.80 Å². The summed E-state index contributed by atoms with van der Waals surface area (Å²) in [4.78, 5) is 27.7. The van der Waals surface area contributed by atoms with E-state index in [-0.39, 0.29) is 11.4 Å². The summed E-state index contributed by atoms with van der Waals surface area (Å²) in [5.41, 5.74) is 9.83. The first kappa shape index (κ1) is 35.2. The molecule has 0 spiro atoms. The third-order valence-electron chi connectivity index (χ3n) is 9.65. The Morgan fingerprint density at radius 2 is 0.571 bits per heavy atom. The van der Waals surface area contributed by atoms with E-state index in [4.69, 9.17) is 0 Å². The lowest BCUT2D eigenvalue weighted by Gasteiger charge is -2.26. The van der Waals surface area contributed by atoms with Crippen molar-refractivity contribution in [1.82, 2.24) is 0 Å². The van der Waals surface area contributed by atoms with Gasteiger partial charge in [0.1, 0.15) is 0 Å². The van der Waals surface area contributed by atoms with Crippen molar-refractivity contribution in [2.24, 2.45) is 0 Å². The van der Waals surface area contributed by atoms with E-state index in [0.717, 1.165) is 45.3 Å². The number of hydrogen-bond acceptors (Lipinski definition) is 6. The summed E-state index contributed by atoms with van der Waals surface area (Å²) in [5.74, 6) is 0. The molecule has 0 aliphatic carbocycles. The molecule has 8 aromatic carbocycles. The van der Waals surface area contributed by atoms with Gasteiger partial charge in [-0.25, -0.2) is 0 Å². The van der Waals surface area contributed by atoms with Gasteiger partial charge < -0.3 is 9.80 Å². The molecule has 0 saturated heterocycles. The number of nitrogens with zero attached hydrogens (tertiary/aromatic N) is 4. The van der Waals surface area contributed by atoms with Gasteiger partial charge in [-0.1, -0.05) is 97.1 Å². The first-order chi connectivity index (χ1) is 27.4. The average molecular weight is 731 g/mol. The molecule has 8 heteroatoms. The minimum atomic E-state index is -0.408. The van der Waals surface area contributed by atoms with Crippen LogP contribution in [0.15, 0.2) is 206 Å². The van der Waals surface area contributed by atoms with Crippen LogP contribution in [0.25, 0.3) is 33.4 Å². The molecule has 8 aromatic rings. The summed E-state index contributed by atoms with van der Waals surface area (Å²) in [7, 11) is 0. The SMILES string of the molecule is O=[N+]([O-])c1ccc(-c2ccc([N+](=O)[O-])cc2-c2ccc(N(c3ccccc3)c3ccccc3)cc2)c(-c2ccc(N(c3ccccc3)c3ccccc3)cc2)c1. The Balaban J connectivity index is 1.23. The number of non-ortho nitro benzene ring substituents is 2. The number of rotatable bonds is 11. The largest absolute Gasteiger partial charge is 0.311 e. The Hall–Kier alpha value is -7.84. The monoisotopic (exact) mass is 730 g/mol. The third kappa shape index (κ3) is 7.22. The van der Waals surface area contributed by atoms with E-state index in [1.807, 2.05) is 170 Å². The molecular formula is C48H34N4O4. The van der Waals surface area contributed by atoms with Crippen molar-refractivity contribution < 1.29 is 9.85 Å². The molecule has 0 fully saturated rings. The molecule has 0 amide bonds. The van der Waals surface area contributed by atoms with Gasteiger partial charge in [-0.3, -0.25) is 20.2 Å². The number of nitro benzene ring substituents is 2. The van der Waals surface area contributed by atoms with Crippen LogP contribution in [-0.4, -0.2) is 9.85 Å². The zero-order chi connectivity index (χ0) is 38.4. The molecule has 0 radical (unpaired) electrons. The highest BCUT2D eigenvalue weighted by atomic mass is 16.6. The van der Waals surface area contributed by atoms with E-state index in [1.54, 1.807) is 24.3 Å². The molecule has 0 N–H and O–H groups in total. The molecule has 0 saturated carbocycles. The first-order valence-corrected chi connectivity index (χ1v) is 18.0. The van der Waals surface area contributed by atoms with E-state index in [1.165, 1.54) is 12.1 Å². The molecular weight excluding hydrogens is 697 g/mol. The maximum Gasteiger partial charge on any atom is 0.270 e. The van der Waals surface area contributed by atoms with Gasteiger partial charge in [0.2, 0.25) is 0 Å². The average Bonchev–Trinajstić information content (AvgIpc) is 3.25. The van der Waals surface area contributed by atoms with Gasteiger partial charge in [0.05, 0.1) is 9.85 Å². The fourth-order valence-electron chi connectivity index (χ4n) is 7.02. The Morgan fingerprint density at radius 1 is 0.304 bits per heavy atom. The molecule has 0 atom stereocenters. The van der Waals surface area contributed by atoms with Crippen LogP contribution in [0.1, 0.15) is 0 Å². The predicted molar refractivity (Wildman–Crippen MR) is 225 cm³/mol. The van der Waals surface area contributed by atoms with Gasteiger partial charge in [0, 0.05) is 58.4 Å². The predicted octanol–water partition coefficient (Wildman–Crippen LogP) is 13.4. The Kier molecular flexibility index (Phi) is 9.83. The summed E-state index contributed by atoms with van der Waals surface area (Å²) in [6.07, 6.45) is 0. The van der Waals surface area contributed by atoms with E-state index < -0.39 is 9.85 Å². The fraction of sp³-hybridized carbons (Fsp3) is 0. The van der Waals surface area contributed by atoms with Gasteiger partial charge in [0.15, 0.2) is 0 Å². The van der Waals surface area contributed by atoms with Crippen LogP contribution in [0.5, 0.6) is 0 Å². The standard InChI is InChI=1S/C48H34N4O4/c53-51(54)43-29-31-45(47(33-43)35-21-25-41(26-22-35)49(37-13-5-1-6-14-37)38-15-7-2-8-16-38)46-32-30-44(52(55)56)34-48(46)36-23-27-42(28-24-36)50(39-17-9-3-10-18-39)40-19-11-4-12-20-40/h1-34H. The summed E-state index contributed by atoms with van der Waals surface area (Å²) >= 11 is 0. The van der Waals surface area contributed by atoms with Gasteiger partial charge in [-0.05, 0) is 118 Å². The second-order valence-electron chi connectivity index (χ2n) is 13.1. The molecule has 0 aliphatic heterocycles. The molecule has 0 unspecified atom stereocenters. The van der Waals surface area contributed by atoms with Crippen LogP contribution >= 0.6 is 0 Å². The smallest absolute Gasteiger partial charge is 0.270 e. The van der Waals surface area contributed by atoms with Crippen molar-refractivity contribution in [1.29, 1.82) is 0 Å². The summed E-state index contributed by atoms with van der Waals surface area (Å²) in [5, 5.41) is 24.2. The van der Waals surface area contributed by atoms with Crippen LogP contribution in [0.4, 0.5) is 45.5 Å². The first-order valence-electron chi connectivity index (χ1n) is 18.0.